The largest absolute Gasteiger partial charge is 0.508 e. The summed E-state index contributed by atoms with van der Waals surface area (Å²) in [4.78, 5) is 7.01. The van der Waals surface area contributed by atoms with Gasteiger partial charge in [-0.15, -0.1) is 0 Å². The van der Waals surface area contributed by atoms with Gasteiger partial charge in [0.15, 0.2) is 11.5 Å². The van der Waals surface area contributed by atoms with Crippen molar-refractivity contribution in [1.29, 1.82) is 0 Å². The molecule has 1 saturated heterocycles. The van der Waals surface area contributed by atoms with E-state index in [1.165, 1.54) is 0 Å². The molecule has 0 saturated carbocycles. The first kappa shape index (κ1) is 23.6. The van der Waals surface area contributed by atoms with Crippen LogP contribution < -0.4 is 14.4 Å². The van der Waals surface area contributed by atoms with Crippen LogP contribution in [0.25, 0.3) is 10.8 Å². The van der Waals surface area contributed by atoms with Crippen molar-refractivity contribution in [2.75, 3.05) is 31.3 Å². The average molecular weight is 497 g/mol. The van der Waals surface area contributed by atoms with Crippen LogP contribution in [-0.4, -0.2) is 36.5 Å². The maximum atomic E-state index is 10.2. The summed E-state index contributed by atoms with van der Waals surface area (Å²) in [6.45, 7) is 8.86. The molecular formula is C31H32N2O4. The highest BCUT2D eigenvalue weighted by Crippen LogP contribution is 2.42. The number of ether oxygens (including phenoxy) is 3. The summed E-state index contributed by atoms with van der Waals surface area (Å²) in [5, 5.41) is 12.3. The lowest BCUT2D eigenvalue weighted by atomic mass is 9.96. The number of pyridine rings is 1. The average Bonchev–Trinajstić information content (AvgIpc) is 3.10. The molecule has 2 atom stereocenters. The van der Waals surface area contributed by atoms with Crippen LogP contribution >= 0.6 is 0 Å². The van der Waals surface area contributed by atoms with Gasteiger partial charge >= 0.3 is 0 Å². The van der Waals surface area contributed by atoms with Crippen LogP contribution in [0.4, 0.5) is 5.82 Å². The fourth-order valence-corrected chi connectivity index (χ4v) is 5.51. The van der Waals surface area contributed by atoms with Gasteiger partial charge in [0.05, 0.1) is 25.9 Å². The zero-order valence-electron chi connectivity index (χ0n) is 21.5. The van der Waals surface area contributed by atoms with Gasteiger partial charge in [-0.05, 0) is 78.6 Å². The summed E-state index contributed by atoms with van der Waals surface area (Å²) in [6, 6.07) is 18.2. The molecule has 6 nitrogen and oxygen atoms in total. The lowest BCUT2D eigenvalue weighted by Crippen LogP contribution is -2.40. The minimum Gasteiger partial charge on any atom is -0.508 e. The van der Waals surface area contributed by atoms with Gasteiger partial charge < -0.3 is 24.2 Å². The Morgan fingerprint density at radius 3 is 2.62 bits per heavy atom. The molecule has 0 amide bonds. The van der Waals surface area contributed by atoms with E-state index in [1.807, 2.05) is 18.3 Å². The third-order valence-corrected chi connectivity index (χ3v) is 7.38. The number of hydrogen-bond acceptors (Lipinski definition) is 6. The fraction of sp³-hybridized carbons (Fsp3) is 0.323. The standard InChI is InChI=1S/C31H32N2O4/c1-19-4-7-31(32-17-19)33-9-11-35-18-27(33)24-16-29-30(14-21(24)3)37-28(8-10-36-29)26-13-20(2)12-22-5-6-23(34)15-25(22)26/h4-7,12-17,27-28,34H,8-11,18H2,1-3H3. The van der Waals surface area contributed by atoms with Crippen LogP contribution in [-0.2, 0) is 4.74 Å². The van der Waals surface area contributed by atoms with Gasteiger partial charge in [0.1, 0.15) is 17.7 Å². The molecule has 6 rings (SSSR count). The highest BCUT2D eigenvalue weighted by Gasteiger charge is 2.30. The number of anilines is 1. The van der Waals surface area contributed by atoms with Gasteiger partial charge in [0.2, 0.25) is 0 Å². The van der Waals surface area contributed by atoms with E-state index in [0.717, 1.165) is 62.5 Å². The second kappa shape index (κ2) is 9.60. The predicted octanol–water partition coefficient (Wildman–Crippen LogP) is 6.35. The number of aromatic nitrogens is 1. The SMILES string of the molecule is Cc1ccc(N2CCOCC2c2cc3c(cc2C)OC(c2cc(C)cc4ccc(O)cc24)CCO3)nc1. The van der Waals surface area contributed by atoms with Crippen molar-refractivity contribution < 1.29 is 19.3 Å². The highest BCUT2D eigenvalue weighted by molar-refractivity contribution is 5.88. The zero-order valence-corrected chi connectivity index (χ0v) is 21.5. The third-order valence-electron chi connectivity index (χ3n) is 7.38. The summed E-state index contributed by atoms with van der Waals surface area (Å²) in [5.74, 6) is 2.71. The molecule has 1 fully saturated rings. The Morgan fingerprint density at radius 1 is 0.892 bits per heavy atom. The van der Waals surface area contributed by atoms with Gasteiger partial charge in [-0.2, -0.15) is 0 Å². The maximum Gasteiger partial charge on any atom is 0.162 e. The number of benzene rings is 3. The smallest absolute Gasteiger partial charge is 0.162 e. The number of phenols is 1. The molecule has 3 aromatic carbocycles. The molecule has 0 bridgehead atoms. The lowest BCUT2D eigenvalue weighted by molar-refractivity contribution is 0.0934. The van der Waals surface area contributed by atoms with Crippen molar-refractivity contribution in [3.63, 3.8) is 0 Å². The Morgan fingerprint density at radius 2 is 1.78 bits per heavy atom. The first-order valence-corrected chi connectivity index (χ1v) is 12.9. The van der Waals surface area contributed by atoms with E-state index < -0.39 is 0 Å². The van der Waals surface area contributed by atoms with E-state index >= 15 is 0 Å². The molecule has 4 aromatic rings. The van der Waals surface area contributed by atoms with Crippen molar-refractivity contribution in [1.82, 2.24) is 4.98 Å². The molecule has 0 aliphatic carbocycles. The molecule has 6 heteroatoms. The number of phenolic OH excluding ortho intramolecular Hbond substituents is 1. The van der Waals surface area contributed by atoms with Crippen LogP contribution in [0.1, 0.15) is 46.4 Å². The normalized spacial score (nSPS) is 19.6. The van der Waals surface area contributed by atoms with Gasteiger partial charge in [-0.25, -0.2) is 4.98 Å². The monoisotopic (exact) mass is 496 g/mol. The molecule has 3 heterocycles. The van der Waals surface area contributed by atoms with Crippen LogP contribution in [0, 0.1) is 20.8 Å². The molecular weight excluding hydrogens is 464 g/mol. The van der Waals surface area contributed by atoms with Gasteiger partial charge in [0, 0.05) is 24.7 Å². The topological polar surface area (TPSA) is 64.1 Å². The van der Waals surface area contributed by atoms with Crippen molar-refractivity contribution in [3.05, 3.63) is 88.6 Å². The zero-order chi connectivity index (χ0) is 25.5. The summed E-state index contributed by atoms with van der Waals surface area (Å²) >= 11 is 0. The molecule has 2 unspecified atom stereocenters. The molecule has 2 aliphatic rings. The number of hydrogen-bond donors (Lipinski definition) is 1. The Bertz CT molecular complexity index is 1450. The Labute approximate surface area is 217 Å². The second-order valence-corrected chi connectivity index (χ2v) is 10.1. The van der Waals surface area contributed by atoms with Crippen molar-refractivity contribution in [2.45, 2.75) is 39.3 Å². The minimum atomic E-state index is -0.179. The number of morpholine rings is 1. The van der Waals surface area contributed by atoms with Crippen LogP contribution in [0.15, 0.2) is 60.8 Å². The summed E-state index contributed by atoms with van der Waals surface area (Å²) in [5.41, 5.74) is 5.67. The van der Waals surface area contributed by atoms with E-state index in [-0.39, 0.29) is 17.9 Å². The number of fused-ring (bicyclic) bond motifs is 2. The van der Waals surface area contributed by atoms with E-state index in [9.17, 15) is 5.11 Å². The van der Waals surface area contributed by atoms with Gasteiger partial charge in [0.25, 0.3) is 0 Å². The van der Waals surface area contributed by atoms with Crippen LogP contribution in [0.5, 0.6) is 17.2 Å². The molecule has 0 radical (unpaired) electrons. The first-order valence-electron chi connectivity index (χ1n) is 12.9. The lowest BCUT2D eigenvalue weighted by Gasteiger charge is -2.37. The van der Waals surface area contributed by atoms with Crippen LogP contribution in [0.2, 0.25) is 0 Å². The number of aryl methyl sites for hydroxylation is 3. The Kier molecular flexibility index (Phi) is 6.13. The summed E-state index contributed by atoms with van der Waals surface area (Å²) in [7, 11) is 0. The van der Waals surface area contributed by atoms with Crippen LogP contribution in [0.3, 0.4) is 0 Å². The highest BCUT2D eigenvalue weighted by atomic mass is 16.5. The van der Waals surface area contributed by atoms with E-state index in [1.54, 1.807) is 6.07 Å². The molecule has 190 valence electrons. The van der Waals surface area contributed by atoms with Gasteiger partial charge in [-0.1, -0.05) is 29.8 Å². The number of aromatic hydroxyl groups is 1. The molecule has 1 aromatic heterocycles. The molecule has 1 N–H and O–H groups in total. The van der Waals surface area contributed by atoms with Gasteiger partial charge in [-0.3, -0.25) is 0 Å². The quantitative estimate of drug-likeness (QED) is 0.357. The summed E-state index contributed by atoms with van der Waals surface area (Å²) in [6.07, 6.45) is 2.45. The molecule has 0 spiro atoms. The van der Waals surface area contributed by atoms with E-state index in [0.29, 0.717) is 26.2 Å². The fourth-order valence-electron chi connectivity index (χ4n) is 5.51. The number of nitrogens with zero attached hydrogens (tertiary/aromatic N) is 2. The van der Waals surface area contributed by atoms with Crippen molar-refractivity contribution >= 4 is 16.6 Å². The Balaban J connectivity index is 1.35. The van der Waals surface area contributed by atoms with E-state index in [4.69, 9.17) is 14.2 Å². The summed E-state index contributed by atoms with van der Waals surface area (Å²) < 4.78 is 18.8. The van der Waals surface area contributed by atoms with E-state index in [2.05, 4.69) is 67.1 Å². The van der Waals surface area contributed by atoms with Crippen molar-refractivity contribution in [3.8, 4) is 17.2 Å². The minimum absolute atomic E-state index is 0.0422. The number of rotatable bonds is 3. The first-order chi connectivity index (χ1) is 18.0. The predicted molar refractivity (Wildman–Crippen MR) is 145 cm³/mol. The molecule has 2 aliphatic heterocycles. The molecule has 37 heavy (non-hydrogen) atoms. The maximum absolute atomic E-state index is 10.2. The second-order valence-electron chi connectivity index (χ2n) is 10.1. The van der Waals surface area contributed by atoms with Crippen molar-refractivity contribution in [2.24, 2.45) is 0 Å². The third kappa shape index (κ3) is 4.58. The Hall–Kier alpha value is -3.77.